The van der Waals surface area contributed by atoms with Crippen LogP contribution >= 0.6 is 35.4 Å². The number of carbonyl (C=O) groups excluding carboxylic acids is 1. The minimum Gasteiger partial charge on any atom is -0.492 e. The molecule has 0 radical (unpaired) electrons. The second-order valence-corrected chi connectivity index (χ2v) is 7.35. The van der Waals surface area contributed by atoms with Gasteiger partial charge < -0.3 is 24.8 Å². The Kier molecular flexibility index (Phi) is 10.7. The lowest BCUT2D eigenvalue weighted by atomic mass is 10.3. The van der Waals surface area contributed by atoms with Crippen LogP contribution < -0.4 is 20.1 Å². The van der Waals surface area contributed by atoms with Gasteiger partial charge in [-0.3, -0.25) is 4.79 Å². The molecule has 0 heterocycles. The number of ether oxygens (including phenoxy) is 3. The van der Waals surface area contributed by atoms with E-state index in [4.69, 9.17) is 49.6 Å². The SMILES string of the molecule is CCOCCOc1ccc(NC(=S)NC(=O)CCCOc2ccc(Cl)cc2Cl)cc1. The molecule has 0 spiro atoms. The van der Waals surface area contributed by atoms with E-state index in [1.165, 1.54) is 0 Å². The summed E-state index contributed by atoms with van der Waals surface area (Å²) in [6.07, 6.45) is 0.779. The van der Waals surface area contributed by atoms with E-state index in [1.54, 1.807) is 18.2 Å². The molecule has 0 fully saturated rings. The first-order valence-corrected chi connectivity index (χ1v) is 10.6. The van der Waals surface area contributed by atoms with Crippen LogP contribution in [0.4, 0.5) is 5.69 Å². The topological polar surface area (TPSA) is 68.8 Å². The van der Waals surface area contributed by atoms with E-state index in [9.17, 15) is 4.79 Å². The maximum atomic E-state index is 12.0. The van der Waals surface area contributed by atoms with Crippen molar-refractivity contribution in [1.29, 1.82) is 0 Å². The van der Waals surface area contributed by atoms with Gasteiger partial charge in [0.05, 0.1) is 18.2 Å². The molecule has 0 saturated carbocycles. The number of amides is 1. The Morgan fingerprint density at radius 2 is 1.80 bits per heavy atom. The first kappa shape index (κ1) is 24.2. The summed E-state index contributed by atoms with van der Waals surface area (Å²) in [5.41, 5.74) is 0.748. The normalized spacial score (nSPS) is 10.4. The molecule has 2 rings (SSSR count). The molecule has 2 aromatic rings. The van der Waals surface area contributed by atoms with Gasteiger partial charge in [-0.1, -0.05) is 23.2 Å². The third-order valence-electron chi connectivity index (χ3n) is 3.77. The van der Waals surface area contributed by atoms with Crippen LogP contribution in [0.3, 0.4) is 0 Å². The third-order valence-corrected chi connectivity index (χ3v) is 4.50. The Morgan fingerprint density at radius 1 is 1.03 bits per heavy atom. The minimum absolute atomic E-state index is 0.200. The third kappa shape index (κ3) is 9.17. The second kappa shape index (κ2) is 13.3. The molecule has 0 bridgehead atoms. The van der Waals surface area contributed by atoms with E-state index < -0.39 is 0 Å². The number of halogens is 2. The molecule has 0 aliphatic carbocycles. The predicted octanol–water partition coefficient (Wildman–Crippen LogP) is 5.08. The predicted molar refractivity (Wildman–Crippen MR) is 124 cm³/mol. The highest BCUT2D eigenvalue weighted by Crippen LogP contribution is 2.27. The molecule has 2 aromatic carbocycles. The fraction of sp³-hybridized carbons (Fsp3) is 0.333. The summed E-state index contributed by atoms with van der Waals surface area (Å²) in [6, 6.07) is 12.3. The van der Waals surface area contributed by atoms with Crippen molar-refractivity contribution in [1.82, 2.24) is 5.32 Å². The van der Waals surface area contributed by atoms with E-state index in [-0.39, 0.29) is 17.4 Å². The molecule has 9 heteroatoms. The fourth-order valence-electron chi connectivity index (χ4n) is 2.36. The monoisotopic (exact) mass is 470 g/mol. The van der Waals surface area contributed by atoms with E-state index >= 15 is 0 Å². The summed E-state index contributed by atoms with van der Waals surface area (Å²) in [5, 5.41) is 6.81. The van der Waals surface area contributed by atoms with Gasteiger partial charge in [0, 0.05) is 23.7 Å². The fourth-order valence-corrected chi connectivity index (χ4v) is 3.05. The molecule has 0 unspecified atom stereocenters. The van der Waals surface area contributed by atoms with E-state index in [2.05, 4.69) is 10.6 Å². The van der Waals surface area contributed by atoms with Gasteiger partial charge in [0.1, 0.15) is 18.1 Å². The molecule has 162 valence electrons. The van der Waals surface area contributed by atoms with Crippen LogP contribution in [-0.2, 0) is 9.53 Å². The van der Waals surface area contributed by atoms with Crippen molar-refractivity contribution in [2.24, 2.45) is 0 Å². The van der Waals surface area contributed by atoms with Crippen molar-refractivity contribution in [2.75, 3.05) is 31.7 Å². The van der Waals surface area contributed by atoms with Crippen LogP contribution in [0.15, 0.2) is 42.5 Å². The number of thiocarbonyl (C=S) groups is 1. The van der Waals surface area contributed by atoms with Crippen LogP contribution in [0.2, 0.25) is 10.0 Å². The van der Waals surface area contributed by atoms with Gasteiger partial charge in [-0.15, -0.1) is 0 Å². The largest absolute Gasteiger partial charge is 0.492 e. The Labute approximate surface area is 191 Å². The Balaban J connectivity index is 1.64. The van der Waals surface area contributed by atoms with Crippen molar-refractivity contribution in [2.45, 2.75) is 19.8 Å². The zero-order valence-electron chi connectivity index (χ0n) is 16.6. The maximum absolute atomic E-state index is 12.0. The van der Waals surface area contributed by atoms with Crippen molar-refractivity contribution in [3.8, 4) is 11.5 Å². The van der Waals surface area contributed by atoms with Crippen molar-refractivity contribution < 1.29 is 19.0 Å². The highest BCUT2D eigenvalue weighted by molar-refractivity contribution is 7.80. The summed E-state index contributed by atoms with van der Waals surface area (Å²) in [6.45, 7) is 3.99. The minimum atomic E-state index is -0.200. The highest BCUT2D eigenvalue weighted by Gasteiger charge is 2.07. The van der Waals surface area contributed by atoms with Gasteiger partial charge in [0.15, 0.2) is 5.11 Å². The van der Waals surface area contributed by atoms with Gasteiger partial charge in [0.25, 0.3) is 0 Å². The number of nitrogens with one attached hydrogen (secondary N) is 2. The number of carbonyl (C=O) groups is 1. The van der Waals surface area contributed by atoms with Gasteiger partial charge in [-0.05, 0) is 68.0 Å². The molecule has 0 atom stereocenters. The van der Waals surface area contributed by atoms with Crippen LogP contribution in [0, 0.1) is 0 Å². The number of benzene rings is 2. The van der Waals surface area contributed by atoms with Crippen LogP contribution in [0.25, 0.3) is 0 Å². The van der Waals surface area contributed by atoms with E-state index in [1.807, 2.05) is 31.2 Å². The highest BCUT2D eigenvalue weighted by atomic mass is 35.5. The summed E-state index contributed by atoms with van der Waals surface area (Å²) in [7, 11) is 0. The lowest BCUT2D eigenvalue weighted by Crippen LogP contribution is -2.34. The average molecular weight is 471 g/mol. The number of hydrogen-bond donors (Lipinski definition) is 2. The van der Waals surface area contributed by atoms with Crippen LogP contribution in [0.1, 0.15) is 19.8 Å². The molecular formula is C21H24Cl2N2O4S. The lowest BCUT2D eigenvalue weighted by Gasteiger charge is -2.11. The number of hydrogen-bond acceptors (Lipinski definition) is 5. The van der Waals surface area contributed by atoms with Gasteiger partial charge >= 0.3 is 0 Å². The maximum Gasteiger partial charge on any atom is 0.226 e. The zero-order chi connectivity index (χ0) is 21.8. The van der Waals surface area contributed by atoms with E-state index in [0.29, 0.717) is 48.6 Å². The Bertz CT molecular complexity index is 834. The average Bonchev–Trinajstić information content (AvgIpc) is 2.71. The first-order chi connectivity index (χ1) is 14.5. The van der Waals surface area contributed by atoms with Crippen LogP contribution in [-0.4, -0.2) is 37.4 Å². The van der Waals surface area contributed by atoms with Crippen molar-refractivity contribution in [3.05, 3.63) is 52.5 Å². The molecule has 0 aliphatic rings. The zero-order valence-corrected chi connectivity index (χ0v) is 18.9. The lowest BCUT2D eigenvalue weighted by molar-refractivity contribution is -0.119. The Morgan fingerprint density at radius 3 is 2.50 bits per heavy atom. The summed E-state index contributed by atoms with van der Waals surface area (Å²) in [4.78, 5) is 12.0. The molecule has 6 nitrogen and oxygen atoms in total. The molecule has 2 N–H and O–H groups in total. The van der Waals surface area contributed by atoms with E-state index in [0.717, 1.165) is 11.4 Å². The summed E-state index contributed by atoms with van der Waals surface area (Å²) >= 11 is 17.1. The molecular weight excluding hydrogens is 447 g/mol. The standard InChI is InChI=1S/C21H24Cl2N2O4S/c1-2-27-12-13-28-17-8-6-16(7-9-17)24-21(30)25-20(26)4-3-11-29-19-10-5-15(22)14-18(19)23/h5-10,14H,2-4,11-13H2,1H3,(H2,24,25,26,30). The molecule has 30 heavy (non-hydrogen) atoms. The van der Waals surface area contributed by atoms with Gasteiger partial charge in [0.2, 0.25) is 5.91 Å². The molecule has 0 aliphatic heterocycles. The Hall–Kier alpha value is -2.06. The molecule has 0 saturated heterocycles. The van der Waals surface area contributed by atoms with Crippen molar-refractivity contribution in [3.63, 3.8) is 0 Å². The second-order valence-electron chi connectivity index (χ2n) is 6.10. The molecule has 1 amide bonds. The molecule has 0 aromatic heterocycles. The van der Waals surface area contributed by atoms with Crippen LogP contribution in [0.5, 0.6) is 11.5 Å². The smallest absolute Gasteiger partial charge is 0.226 e. The number of anilines is 1. The number of rotatable bonds is 11. The summed E-state index contributed by atoms with van der Waals surface area (Å²) < 4.78 is 16.3. The van der Waals surface area contributed by atoms with Gasteiger partial charge in [-0.2, -0.15) is 0 Å². The first-order valence-electron chi connectivity index (χ1n) is 9.47. The summed E-state index contributed by atoms with van der Waals surface area (Å²) in [5.74, 6) is 1.06. The van der Waals surface area contributed by atoms with Crippen molar-refractivity contribution >= 4 is 52.1 Å². The quantitative estimate of drug-likeness (QED) is 0.352. The van der Waals surface area contributed by atoms with Gasteiger partial charge in [-0.25, -0.2) is 0 Å².